The number of nitrogens with zero attached hydrogens (tertiary/aromatic N) is 2. The third-order valence-electron chi connectivity index (χ3n) is 4.36. The number of halogens is 3. The molecule has 2 aromatic carbocycles. The molecule has 0 amide bonds. The first-order valence-electron chi connectivity index (χ1n) is 8.61. The van der Waals surface area contributed by atoms with Crippen LogP contribution in [0.1, 0.15) is 27.9 Å². The van der Waals surface area contributed by atoms with Crippen LogP contribution in [0.3, 0.4) is 0 Å². The van der Waals surface area contributed by atoms with E-state index < -0.39 is 11.9 Å². The van der Waals surface area contributed by atoms with Crippen LogP contribution < -0.4 is 4.74 Å². The van der Waals surface area contributed by atoms with Gasteiger partial charge in [0.25, 0.3) is 0 Å². The molecule has 0 radical (unpaired) electrons. The van der Waals surface area contributed by atoms with Crippen LogP contribution in [0.25, 0.3) is 0 Å². The Morgan fingerprint density at radius 1 is 0.929 bits per heavy atom. The Bertz CT molecular complexity index is 990. The molecule has 1 aromatic heterocycles. The maximum absolute atomic E-state index is 13.3. The predicted octanol–water partition coefficient (Wildman–Crippen LogP) is 6.51. The minimum atomic E-state index is -4.58. The fourth-order valence-electron chi connectivity index (χ4n) is 2.53. The first-order chi connectivity index (χ1) is 13.2. The van der Waals surface area contributed by atoms with Crippen LogP contribution in [0.4, 0.5) is 13.2 Å². The van der Waals surface area contributed by atoms with Crippen molar-refractivity contribution >= 4 is 11.8 Å². The van der Waals surface area contributed by atoms with E-state index >= 15 is 0 Å². The number of aryl methyl sites for hydroxylation is 2. The van der Waals surface area contributed by atoms with E-state index in [-0.39, 0.29) is 11.0 Å². The van der Waals surface area contributed by atoms with Crippen LogP contribution in [0.5, 0.6) is 11.6 Å². The van der Waals surface area contributed by atoms with Crippen molar-refractivity contribution in [2.24, 2.45) is 0 Å². The van der Waals surface area contributed by atoms with Crippen molar-refractivity contribution in [3.8, 4) is 11.6 Å². The van der Waals surface area contributed by atoms with E-state index in [9.17, 15) is 13.2 Å². The SMILES string of the molecule is Cc1ccccc1CSc1nc(Oc2cccc(C)c2C)cc(C(F)(F)F)n1. The van der Waals surface area contributed by atoms with Gasteiger partial charge < -0.3 is 4.74 Å². The van der Waals surface area contributed by atoms with Crippen molar-refractivity contribution in [2.75, 3.05) is 0 Å². The van der Waals surface area contributed by atoms with Gasteiger partial charge >= 0.3 is 6.18 Å². The van der Waals surface area contributed by atoms with E-state index in [0.717, 1.165) is 40.1 Å². The van der Waals surface area contributed by atoms with Gasteiger partial charge in [-0.25, -0.2) is 4.98 Å². The molecule has 3 rings (SSSR count). The molecule has 0 saturated carbocycles. The Balaban J connectivity index is 1.91. The number of thioether (sulfide) groups is 1. The molecule has 0 saturated heterocycles. The van der Waals surface area contributed by atoms with E-state index in [1.165, 1.54) is 0 Å². The lowest BCUT2D eigenvalue weighted by Gasteiger charge is -2.13. The molecule has 0 bridgehead atoms. The van der Waals surface area contributed by atoms with Crippen LogP contribution in [0, 0.1) is 20.8 Å². The Hall–Kier alpha value is -2.54. The summed E-state index contributed by atoms with van der Waals surface area (Å²) in [7, 11) is 0. The summed E-state index contributed by atoms with van der Waals surface area (Å²) in [6.07, 6.45) is -4.58. The highest BCUT2D eigenvalue weighted by Crippen LogP contribution is 2.34. The monoisotopic (exact) mass is 404 g/mol. The smallest absolute Gasteiger partial charge is 0.433 e. The summed E-state index contributed by atoms with van der Waals surface area (Å²) in [5, 5.41) is 0.0263. The zero-order chi connectivity index (χ0) is 20.3. The quantitative estimate of drug-likeness (QED) is 0.359. The number of ether oxygens (including phenoxy) is 1. The van der Waals surface area contributed by atoms with E-state index in [4.69, 9.17) is 4.74 Å². The standard InChI is InChI=1S/C21H19F3N2OS/c1-13-8-6-10-17(15(13)3)27-19-11-18(21(22,23)24)25-20(26-19)28-12-16-9-5-4-7-14(16)2/h4-11H,12H2,1-3H3. The lowest BCUT2D eigenvalue weighted by atomic mass is 10.1. The van der Waals surface area contributed by atoms with E-state index in [2.05, 4.69) is 9.97 Å². The summed E-state index contributed by atoms with van der Waals surface area (Å²) in [5.41, 5.74) is 2.90. The number of alkyl halides is 3. The normalized spacial score (nSPS) is 11.5. The molecule has 3 nitrogen and oxygen atoms in total. The molecule has 0 unspecified atom stereocenters. The van der Waals surface area contributed by atoms with Gasteiger partial charge in [-0.15, -0.1) is 0 Å². The highest BCUT2D eigenvalue weighted by Gasteiger charge is 2.34. The molecule has 3 aromatic rings. The lowest BCUT2D eigenvalue weighted by Crippen LogP contribution is -2.10. The molecule has 1 heterocycles. The number of benzene rings is 2. The second-order valence-electron chi connectivity index (χ2n) is 6.39. The van der Waals surface area contributed by atoms with E-state index in [0.29, 0.717) is 11.5 Å². The molecule has 7 heteroatoms. The summed E-state index contributed by atoms with van der Waals surface area (Å²) in [6.45, 7) is 5.72. The first kappa shape index (κ1) is 20.2. The van der Waals surface area contributed by atoms with Crippen molar-refractivity contribution < 1.29 is 17.9 Å². The van der Waals surface area contributed by atoms with Gasteiger partial charge in [0.05, 0.1) is 0 Å². The lowest BCUT2D eigenvalue weighted by molar-refractivity contribution is -0.141. The van der Waals surface area contributed by atoms with Gasteiger partial charge in [-0.05, 0) is 49.1 Å². The molecule has 0 N–H and O–H groups in total. The zero-order valence-corrected chi connectivity index (χ0v) is 16.5. The van der Waals surface area contributed by atoms with Gasteiger partial charge in [-0.1, -0.05) is 48.2 Å². The van der Waals surface area contributed by atoms with Crippen LogP contribution in [0.2, 0.25) is 0 Å². The topological polar surface area (TPSA) is 35.0 Å². The summed E-state index contributed by atoms with van der Waals surface area (Å²) in [4.78, 5) is 7.87. The van der Waals surface area contributed by atoms with Crippen molar-refractivity contribution in [3.63, 3.8) is 0 Å². The van der Waals surface area contributed by atoms with E-state index in [1.54, 1.807) is 12.1 Å². The fraction of sp³-hybridized carbons (Fsp3) is 0.238. The van der Waals surface area contributed by atoms with Gasteiger partial charge in [-0.2, -0.15) is 18.2 Å². The van der Waals surface area contributed by atoms with E-state index in [1.807, 2.05) is 51.1 Å². The molecule has 0 aliphatic rings. The molecule has 0 aliphatic carbocycles. The summed E-state index contributed by atoms with van der Waals surface area (Å²) >= 11 is 1.15. The Labute approximate surface area is 166 Å². The number of hydrogen-bond acceptors (Lipinski definition) is 4. The molecule has 0 aliphatic heterocycles. The van der Waals surface area contributed by atoms with Gasteiger partial charge in [-0.3, -0.25) is 0 Å². The molecule has 0 fully saturated rings. The second kappa shape index (κ2) is 8.22. The molecular formula is C21H19F3N2OS. The molecular weight excluding hydrogens is 385 g/mol. The van der Waals surface area contributed by atoms with Gasteiger partial charge in [0.15, 0.2) is 10.9 Å². The van der Waals surface area contributed by atoms with Crippen molar-refractivity contribution in [1.82, 2.24) is 9.97 Å². The van der Waals surface area contributed by atoms with Crippen molar-refractivity contribution in [3.05, 3.63) is 76.5 Å². The molecule has 0 atom stereocenters. The van der Waals surface area contributed by atoms with Gasteiger partial charge in [0.2, 0.25) is 5.88 Å². The third-order valence-corrected chi connectivity index (χ3v) is 5.26. The minimum absolute atomic E-state index is 0.0263. The first-order valence-corrected chi connectivity index (χ1v) is 9.60. The Kier molecular flexibility index (Phi) is 5.93. The highest BCUT2D eigenvalue weighted by molar-refractivity contribution is 7.98. The number of hydrogen-bond donors (Lipinski definition) is 0. The average Bonchev–Trinajstić information content (AvgIpc) is 2.64. The maximum atomic E-state index is 13.3. The summed E-state index contributed by atoms with van der Waals surface area (Å²) in [6, 6.07) is 13.9. The largest absolute Gasteiger partial charge is 0.439 e. The maximum Gasteiger partial charge on any atom is 0.433 e. The van der Waals surface area contributed by atoms with Crippen LogP contribution in [-0.4, -0.2) is 9.97 Å². The second-order valence-corrected chi connectivity index (χ2v) is 7.33. The van der Waals surface area contributed by atoms with Crippen LogP contribution in [-0.2, 0) is 11.9 Å². The van der Waals surface area contributed by atoms with Crippen molar-refractivity contribution in [2.45, 2.75) is 37.9 Å². The van der Waals surface area contributed by atoms with Gasteiger partial charge in [0.1, 0.15) is 5.75 Å². The minimum Gasteiger partial charge on any atom is -0.439 e. The van der Waals surface area contributed by atoms with Crippen molar-refractivity contribution in [1.29, 1.82) is 0 Å². The van der Waals surface area contributed by atoms with Gasteiger partial charge in [0, 0.05) is 11.8 Å². The summed E-state index contributed by atoms with van der Waals surface area (Å²) < 4.78 is 45.6. The predicted molar refractivity (Wildman–Crippen MR) is 104 cm³/mol. The number of aromatic nitrogens is 2. The molecule has 0 spiro atoms. The highest BCUT2D eigenvalue weighted by atomic mass is 32.2. The average molecular weight is 404 g/mol. The Morgan fingerprint density at radius 2 is 1.64 bits per heavy atom. The summed E-state index contributed by atoms with van der Waals surface area (Å²) in [5.74, 6) is 0.821. The third kappa shape index (κ3) is 4.84. The molecule has 146 valence electrons. The Morgan fingerprint density at radius 3 is 2.36 bits per heavy atom. The van der Waals surface area contributed by atoms with Crippen LogP contribution in [0.15, 0.2) is 53.7 Å². The zero-order valence-electron chi connectivity index (χ0n) is 15.7. The van der Waals surface area contributed by atoms with Crippen LogP contribution >= 0.6 is 11.8 Å². The number of rotatable bonds is 5. The fourth-order valence-corrected chi connectivity index (χ4v) is 3.45. The molecule has 28 heavy (non-hydrogen) atoms.